The summed E-state index contributed by atoms with van der Waals surface area (Å²) in [5.41, 5.74) is 1.72. The number of carbonyl (C=O) groups is 1. The molecule has 4 nitrogen and oxygen atoms in total. The van der Waals surface area contributed by atoms with E-state index in [0.717, 1.165) is 11.3 Å². The monoisotopic (exact) mass is 236 g/mol. The van der Waals surface area contributed by atoms with Crippen LogP contribution in [0.5, 0.6) is 0 Å². The molecule has 0 unspecified atom stereocenters. The molecule has 0 saturated heterocycles. The van der Waals surface area contributed by atoms with Crippen molar-refractivity contribution in [2.75, 3.05) is 0 Å². The Balaban J connectivity index is 2.42. The van der Waals surface area contributed by atoms with Gasteiger partial charge in [0.2, 0.25) is 0 Å². The van der Waals surface area contributed by atoms with Gasteiger partial charge >= 0.3 is 5.97 Å². The highest BCUT2D eigenvalue weighted by molar-refractivity contribution is 6.31. The molecule has 0 bridgehead atoms. The lowest BCUT2D eigenvalue weighted by molar-refractivity contribution is 0.0690. The minimum Gasteiger partial charge on any atom is -0.476 e. The normalized spacial score (nSPS) is 10.4. The molecule has 0 aliphatic carbocycles. The maximum Gasteiger partial charge on any atom is 0.356 e. The predicted molar refractivity (Wildman–Crippen MR) is 60.3 cm³/mol. The summed E-state index contributed by atoms with van der Waals surface area (Å²) in [6, 6.07) is 6.88. The second kappa shape index (κ2) is 3.98. The maximum absolute atomic E-state index is 10.7. The third-order valence-electron chi connectivity index (χ3n) is 2.23. The van der Waals surface area contributed by atoms with Crippen LogP contribution in [-0.2, 0) is 0 Å². The van der Waals surface area contributed by atoms with Gasteiger partial charge in [-0.1, -0.05) is 17.7 Å². The summed E-state index contributed by atoms with van der Waals surface area (Å²) in [7, 11) is 0. The molecule has 1 aromatic heterocycles. The summed E-state index contributed by atoms with van der Waals surface area (Å²) in [6.07, 6.45) is 1.59. The third kappa shape index (κ3) is 1.92. The number of halogens is 1. The topological polar surface area (TPSA) is 55.1 Å². The Bertz CT molecular complexity index is 549. The molecule has 16 heavy (non-hydrogen) atoms. The zero-order valence-corrected chi connectivity index (χ0v) is 9.27. The fourth-order valence-corrected chi connectivity index (χ4v) is 1.48. The van der Waals surface area contributed by atoms with E-state index in [2.05, 4.69) is 5.10 Å². The minimum atomic E-state index is -1.04. The number of hydrogen-bond acceptors (Lipinski definition) is 2. The van der Waals surface area contributed by atoms with Crippen molar-refractivity contribution in [1.82, 2.24) is 9.78 Å². The molecule has 0 fully saturated rings. The first-order valence-electron chi connectivity index (χ1n) is 4.63. The number of rotatable bonds is 2. The van der Waals surface area contributed by atoms with Gasteiger partial charge in [0.15, 0.2) is 5.69 Å². The van der Waals surface area contributed by atoms with E-state index >= 15 is 0 Å². The number of nitrogens with zero attached hydrogens (tertiary/aromatic N) is 2. The van der Waals surface area contributed by atoms with E-state index in [4.69, 9.17) is 16.7 Å². The number of aromatic carboxylic acids is 1. The summed E-state index contributed by atoms with van der Waals surface area (Å²) >= 11 is 5.98. The number of carboxylic acid groups (broad SMARTS) is 1. The molecule has 1 heterocycles. The number of aryl methyl sites for hydroxylation is 1. The smallest absolute Gasteiger partial charge is 0.356 e. The van der Waals surface area contributed by atoms with E-state index in [-0.39, 0.29) is 5.69 Å². The van der Waals surface area contributed by atoms with Gasteiger partial charge in [-0.15, -0.1) is 0 Å². The highest BCUT2D eigenvalue weighted by atomic mass is 35.5. The van der Waals surface area contributed by atoms with Crippen LogP contribution in [-0.4, -0.2) is 20.9 Å². The van der Waals surface area contributed by atoms with Crippen molar-refractivity contribution in [3.05, 3.63) is 46.7 Å². The second-order valence-electron chi connectivity index (χ2n) is 3.38. The minimum absolute atomic E-state index is 0.0108. The predicted octanol–water partition coefficient (Wildman–Crippen LogP) is 2.53. The van der Waals surface area contributed by atoms with Crippen LogP contribution in [0.15, 0.2) is 30.5 Å². The average molecular weight is 237 g/mol. The van der Waals surface area contributed by atoms with Crippen LogP contribution in [0.2, 0.25) is 5.02 Å². The summed E-state index contributed by atoms with van der Waals surface area (Å²) in [5, 5.41) is 13.3. The van der Waals surface area contributed by atoms with Crippen molar-refractivity contribution in [3.63, 3.8) is 0 Å². The van der Waals surface area contributed by atoms with E-state index in [1.165, 1.54) is 10.7 Å². The fourth-order valence-electron chi connectivity index (χ4n) is 1.31. The maximum atomic E-state index is 10.7. The molecule has 0 aliphatic rings. The van der Waals surface area contributed by atoms with Crippen LogP contribution in [0.3, 0.4) is 0 Å². The zero-order valence-electron chi connectivity index (χ0n) is 8.51. The summed E-state index contributed by atoms with van der Waals surface area (Å²) in [5.74, 6) is -1.04. The quantitative estimate of drug-likeness (QED) is 0.872. The molecule has 2 aromatic rings. The van der Waals surface area contributed by atoms with Gasteiger partial charge in [0.1, 0.15) is 0 Å². The first-order chi connectivity index (χ1) is 7.58. The van der Waals surface area contributed by atoms with Gasteiger partial charge in [-0.3, -0.25) is 0 Å². The van der Waals surface area contributed by atoms with Crippen LogP contribution < -0.4 is 0 Å². The molecule has 82 valence electrons. The van der Waals surface area contributed by atoms with E-state index in [1.807, 2.05) is 19.1 Å². The van der Waals surface area contributed by atoms with Gasteiger partial charge in [-0.05, 0) is 30.7 Å². The Labute approximate surface area is 97.1 Å². The third-order valence-corrected chi connectivity index (χ3v) is 2.64. The van der Waals surface area contributed by atoms with Crippen LogP contribution in [0, 0.1) is 6.92 Å². The number of aromatic nitrogens is 2. The van der Waals surface area contributed by atoms with Crippen LogP contribution in [0.1, 0.15) is 16.1 Å². The second-order valence-corrected chi connectivity index (χ2v) is 3.79. The molecule has 1 aromatic carbocycles. The molecule has 0 saturated carbocycles. The van der Waals surface area contributed by atoms with Gasteiger partial charge in [-0.2, -0.15) is 5.10 Å². The first-order valence-corrected chi connectivity index (χ1v) is 5.01. The molecule has 0 spiro atoms. The average Bonchev–Trinajstić information content (AvgIpc) is 2.71. The van der Waals surface area contributed by atoms with Crippen molar-refractivity contribution >= 4 is 17.6 Å². The van der Waals surface area contributed by atoms with Crippen LogP contribution in [0.25, 0.3) is 5.69 Å². The molecule has 1 N–H and O–H groups in total. The van der Waals surface area contributed by atoms with Crippen molar-refractivity contribution in [2.24, 2.45) is 0 Å². The molecule has 0 radical (unpaired) electrons. The van der Waals surface area contributed by atoms with Crippen LogP contribution >= 0.6 is 11.6 Å². The molecule has 5 heteroatoms. The lowest BCUT2D eigenvalue weighted by atomic mass is 10.2. The Kier molecular flexibility index (Phi) is 2.66. The molecule has 0 atom stereocenters. The zero-order chi connectivity index (χ0) is 11.7. The van der Waals surface area contributed by atoms with Crippen molar-refractivity contribution < 1.29 is 9.90 Å². The Morgan fingerprint density at radius 3 is 2.75 bits per heavy atom. The van der Waals surface area contributed by atoms with Gasteiger partial charge in [0.25, 0.3) is 0 Å². The number of carboxylic acids is 1. The number of benzene rings is 1. The molecular weight excluding hydrogens is 228 g/mol. The Morgan fingerprint density at radius 2 is 2.19 bits per heavy atom. The summed E-state index contributed by atoms with van der Waals surface area (Å²) < 4.78 is 1.48. The van der Waals surface area contributed by atoms with Crippen LogP contribution in [0.4, 0.5) is 0 Å². The van der Waals surface area contributed by atoms with Gasteiger partial charge < -0.3 is 5.11 Å². The first kappa shape index (κ1) is 10.7. The fraction of sp³-hybridized carbons (Fsp3) is 0.0909. The summed E-state index contributed by atoms with van der Waals surface area (Å²) in [4.78, 5) is 10.7. The standard InChI is InChI=1S/C11H9ClN2O2/c1-7-2-3-8(6-9(7)12)14-5-4-10(13-14)11(15)16/h2-6H,1H3,(H,15,16). The number of hydrogen-bond donors (Lipinski definition) is 1. The van der Waals surface area contributed by atoms with E-state index in [0.29, 0.717) is 5.02 Å². The highest BCUT2D eigenvalue weighted by Crippen LogP contribution is 2.19. The largest absolute Gasteiger partial charge is 0.476 e. The molecule has 0 aliphatic heterocycles. The molecule has 2 rings (SSSR count). The van der Waals surface area contributed by atoms with Gasteiger partial charge in [-0.25, -0.2) is 9.48 Å². The van der Waals surface area contributed by atoms with E-state index in [1.54, 1.807) is 12.3 Å². The van der Waals surface area contributed by atoms with E-state index < -0.39 is 5.97 Å². The van der Waals surface area contributed by atoms with Crippen molar-refractivity contribution in [1.29, 1.82) is 0 Å². The molecular formula is C11H9ClN2O2. The molecule has 0 amide bonds. The van der Waals surface area contributed by atoms with E-state index in [9.17, 15) is 4.79 Å². The van der Waals surface area contributed by atoms with Gasteiger partial charge in [0.05, 0.1) is 5.69 Å². The highest BCUT2D eigenvalue weighted by Gasteiger charge is 2.08. The van der Waals surface area contributed by atoms with Crippen molar-refractivity contribution in [3.8, 4) is 5.69 Å². The van der Waals surface area contributed by atoms with Crippen molar-refractivity contribution in [2.45, 2.75) is 6.92 Å². The van der Waals surface area contributed by atoms with Gasteiger partial charge in [0, 0.05) is 11.2 Å². The Hall–Kier alpha value is -1.81. The summed E-state index contributed by atoms with van der Waals surface area (Å²) in [6.45, 7) is 1.90. The Morgan fingerprint density at radius 1 is 1.44 bits per heavy atom. The SMILES string of the molecule is Cc1ccc(-n2ccc(C(=O)O)n2)cc1Cl. The lowest BCUT2D eigenvalue weighted by Crippen LogP contribution is -2.00. The lowest BCUT2D eigenvalue weighted by Gasteiger charge is -2.03.